The Balaban J connectivity index is 2.68. The summed E-state index contributed by atoms with van der Waals surface area (Å²) in [5.41, 5.74) is 5.88. The van der Waals surface area contributed by atoms with Crippen LogP contribution in [0.4, 0.5) is 0 Å². The Morgan fingerprint density at radius 3 is 2.35 bits per heavy atom. The number of carbonyl (C=O) groups is 3. The summed E-state index contributed by atoms with van der Waals surface area (Å²) >= 11 is 1.36. The number of carbonyl (C=O) groups excluding carboxylic acids is 1. The summed E-state index contributed by atoms with van der Waals surface area (Å²) < 4.78 is 0. The minimum absolute atomic E-state index is 0.123. The molecular weight excluding hydrogens is 286 g/mol. The monoisotopic (exact) mass is 301 g/mol. The van der Waals surface area contributed by atoms with Crippen LogP contribution in [0.5, 0.6) is 0 Å². The Kier molecular flexibility index (Phi) is 6.07. The lowest BCUT2D eigenvalue weighted by Gasteiger charge is -2.17. The zero-order valence-electron chi connectivity index (χ0n) is 10.6. The third kappa shape index (κ3) is 5.33. The summed E-state index contributed by atoms with van der Waals surface area (Å²) in [5.74, 6) is -3.11. The maximum absolute atomic E-state index is 11.9. The van der Waals surface area contributed by atoms with Crippen LogP contribution < -0.4 is 5.73 Å². The van der Waals surface area contributed by atoms with Gasteiger partial charge >= 0.3 is 11.9 Å². The van der Waals surface area contributed by atoms with Gasteiger partial charge in [-0.1, -0.05) is 0 Å². The minimum atomic E-state index is -1.26. The fourth-order valence-electron chi connectivity index (χ4n) is 1.49. The first kappa shape index (κ1) is 16.1. The van der Waals surface area contributed by atoms with Gasteiger partial charge in [-0.15, -0.1) is 11.3 Å². The van der Waals surface area contributed by atoms with Crippen molar-refractivity contribution in [2.45, 2.75) is 12.8 Å². The van der Waals surface area contributed by atoms with Crippen LogP contribution in [0.25, 0.3) is 0 Å². The van der Waals surface area contributed by atoms with Crippen molar-refractivity contribution in [2.24, 2.45) is 5.73 Å². The lowest BCUT2D eigenvalue weighted by Crippen LogP contribution is -2.40. The Hall–Kier alpha value is -2.00. The topological polar surface area (TPSA) is 134 Å². The average Bonchev–Trinajstić information content (AvgIpc) is 2.75. The Bertz CT molecular complexity index is 486. The van der Waals surface area contributed by atoms with Gasteiger partial charge in [0.1, 0.15) is 13.1 Å². The van der Waals surface area contributed by atoms with Crippen LogP contribution in [0.15, 0.2) is 5.38 Å². The molecule has 0 radical (unpaired) electrons. The molecule has 0 saturated carbocycles. The van der Waals surface area contributed by atoms with E-state index < -0.39 is 30.9 Å². The van der Waals surface area contributed by atoms with Crippen molar-refractivity contribution in [1.29, 1.82) is 0 Å². The number of aromatic nitrogens is 1. The van der Waals surface area contributed by atoms with Crippen LogP contribution in [0.3, 0.4) is 0 Å². The van der Waals surface area contributed by atoms with Crippen LogP contribution in [-0.2, 0) is 27.2 Å². The molecule has 0 spiro atoms. The van der Waals surface area contributed by atoms with Gasteiger partial charge in [-0.25, -0.2) is 4.98 Å². The van der Waals surface area contributed by atoms with Crippen molar-refractivity contribution < 1.29 is 24.6 Å². The molecule has 0 bridgehead atoms. The zero-order valence-corrected chi connectivity index (χ0v) is 11.4. The van der Waals surface area contributed by atoms with Crippen molar-refractivity contribution in [2.75, 3.05) is 19.6 Å². The quantitative estimate of drug-likeness (QED) is 0.571. The second-order valence-electron chi connectivity index (χ2n) is 3.99. The predicted molar refractivity (Wildman–Crippen MR) is 70.4 cm³/mol. The molecule has 1 amide bonds. The number of carboxylic acids is 2. The first-order chi connectivity index (χ1) is 9.42. The maximum atomic E-state index is 11.9. The lowest BCUT2D eigenvalue weighted by atomic mass is 10.3. The molecule has 0 fully saturated rings. The molecule has 0 aliphatic heterocycles. The first-order valence-electron chi connectivity index (χ1n) is 5.77. The number of amides is 1. The molecule has 1 aromatic heterocycles. The van der Waals surface area contributed by atoms with Gasteiger partial charge < -0.3 is 20.8 Å². The number of carboxylic acid groups (broad SMARTS) is 2. The smallest absolute Gasteiger partial charge is 0.323 e. The maximum Gasteiger partial charge on any atom is 0.323 e. The lowest BCUT2D eigenvalue weighted by molar-refractivity contribution is -0.149. The van der Waals surface area contributed by atoms with E-state index >= 15 is 0 Å². The highest BCUT2D eigenvalue weighted by molar-refractivity contribution is 7.09. The number of thiazole rings is 1. The molecule has 0 aromatic carbocycles. The predicted octanol–water partition coefficient (Wildman–Crippen LogP) is -0.815. The van der Waals surface area contributed by atoms with E-state index in [-0.39, 0.29) is 6.42 Å². The Labute approximate surface area is 118 Å². The molecule has 1 rings (SSSR count). The molecular formula is C11H15N3O5S. The van der Waals surface area contributed by atoms with E-state index in [0.29, 0.717) is 18.7 Å². The zero-order chi connectivity index (χ0) is 15.1. The van der Waals surface area contributed by atoms with E-state index in [4.69, 9.17) is 15.9 Å². The molecule has 0 saturated heterocycles. The van der Waals surface area contributed by atoms with Crippen LogP contribution in [0.2, 0.25) is 0 Å². The molecule has 8 nitrogen and oxygen atoms in total. The standard InChI is InChI=1S/C11H15N3O5S/c12-2-1-8-13-7(6-20-8)3-9(15)14(4-10(16)17)5-11(18)19/h6H,1-5,12H2,(H,16,17)(H,18,19). The van der Waals surface area contributed by atoms with Crippen LogP contribution in [-0.4, -0.2) is 57.6 Å². The molecule has 4 N–H and O–H groups in total. The average molecular weight is 301 g/mol. The van der Waals surface area contributed by atoms with E-state index in [9.17, 15) is 14.4 Å². The summed E-state index contributed by atoms with van der Waals surface area (Å²) in [6.45, 7) is -0.846. The molecule has 9 heteroatoms. The van der Waals surface area contributed by atoms with Crippen molar-refractivity contribution in [1.82, 2.24) is 9.88 Å². The molecule has 20 heavy (non-hydrogen) atoms. The van der Waals surface area contributed by atoms with Crippen LogP contribution >= 0.6 is 11.3 Å². The van der Waals surface area contributed by atoms with Gasteiger partial charge in [0.2, 0.25) is 5.91 Å². The second-order valence-corrected chi connectivity index (χ2v) is 4.93. The number of hydrogen-bond donors (Lipinski definition) is 3. The van der Waals surface area contributed by atoms with Crippen molar-refractivity contribution in [3.05, 3.63) is 16.1 Å². The summed E-state index contributed by atoms with van der Waals surface area (Å²) in [7, 11) is 0. The second kappa shape index (κ2) is 7.56. The van der Waals surface area contributed by atoms with Crippen molar-refractivity contribution >= 4 is 29.2 Å². The number of hydrogen-bond acceptors (Lipinski definition) is 6. The van der Waals surface area contributed by atoms with Crippen LogP contribution in [0.1, 0.15) is 10.7 Å². The summed E-state index contributed by atoms with van der Waals surface area (Å²) in [5, 5.41) is 19.8. The van der Waals surface area contributed by atoms with Gasteiger partial charge in [0.05, 0.1) is 17.1 Å². The molecule has 0 aliphatic carbocycles. The molecule has 0 unspecified atom stereocenters. The largest absolute Gasteiger partial charge is 0.480 e. The summed E-state index contributed by atoms with van der Waals surface area (Å²) in [4.78, 5) is 38.1. The number of nitrogens with zero attached hydrogens (tertiary/aromatic N) is 2. The first-order valence-corrected chi connectivity index (χ1v) is 6.65. The van der Waals surface area contributed by atoms with Gasteiger partial charge in [0.15, 0.2) is 0 Å². The van der Waals surface area contributed by atoms with Crippen molar-refractivity contribution in [3.8, 4) is 0 Å². The summed E-state index contributed by atoms with van der Waals surface area (Å²) in [6.07, 6.45) is 0.481. The number of nitrogens with two attached hydrogens (primary N) is 1. The molecule has 1 heterocycles. The summed E-state index contributed by atoms with van der Waals surface area (Å²) in [6, 6.07) is 0. The van der Waals surface area contributed by atoms with Gasteiger partial charge in [-0.2, -0.15) is 0 Å². The van der Waals surface area contributed by atoms with Crippen LogP contribution in [0, 0.1) is 0 Å². The molecule has 110 valence electrons. The normalized spacial score (nSPS) is 10.2. The van der Waals surface area contributed by atoms with E-state index in [1.807, 2.05) is 0 Å². The highest BCUT2D eigenvalue weighted by atomic mass is 32.1. The molecule has 0 atom stereocenters. The van der Waals surface area contributed by atoms with E-state index in [1.54, 1.807) is 5.38 Å². The van der Waals surface area contributed by atoms with E-state index in [0.717, 1.165) is 9.91 Å². The van der Waals surface area contributed by atoms with E-state index in [1.165, 1.54) is 11.3 Å². The minimum Gasteiger partial charge on any atom is -0.480 e. The SMILES string of the molecule is NCCc1nc(CC(=O)N(CC(=O)O)CC(=O)O)cs1. The fourth-order valence-corrected chi connectivity index (χ4v) is 2.31. The molecule has 1 aromatic rings. The Morgan fingerprint density at radius 2 is 1.85 bits per heavy atom. The highest BCUT2D eigenvalue weighted by Gasteiger charge is 2.20. The van der Waals surface area contributed by atoms with Gasteiger partial charge in [-0.3, -0.25) is 14.4 Å². The fraction of sp³-hybridized carbons (Fsp3) is 0.455. The number of aliphatic carboxylic acids is 2. The van der Waals surface area contributed by atoms with Gasteiger partial charge in [0, 0.05) is 11.8 Å². The Morgan fingerprint density at radius 1 is 1.25 bits per heavy atom. The highest BCUT2D eigenvalue weighted by Crippen LogP contribution is 2.11. The van der Waals surface area contributed by atoms with E-state index in [2.05, 4.69) is 4.98 Å². The van der Waals surface area contributed by atoms with Gasteiger partial charge in [-0.05, 0) is 6.54 Å². The third-order valence-corrected chi connectivity index (χ3v) is 3.25. The third-order valence-electron chi connectivity index (χ3n) is 2.29. The van der Waals surface area contributed by atoms with Gasteiger partial charge in [0.25, 0.3) is 0 Å². The number of rotatable bonds is 8. The van der Waals surface area contributed by atoms with Crippen molar-refractivity contribution in [3.63, 3.8) is 0 Å². The molecule has 0 aliphatic rings.